The van der Waals surface area contributed by atoms with Gasteiger partial charge in [-0.2, -0.15) is 0 Å². The Kier molecular flexibility index (Phi) is 5.41. The first kappa shape index (κ1) is 14.9. The molecule has 2 unspecified atom stereocenters. The Labute approximate surface area is 120 Å². The van der Waals surface area contributed by atoms with E-state index in [2.05, 4.69) is 36.6 Å². The van der Waals surface area contributed by atoms with Crippen LogP contribution in [0.2, 0.25) is 0 Å². The second kappa shape index (κ2) is 7.29. The van der Waals surface area contributed by atoms with Crippen molar-refractivity contribution < 1.29 is 9.53 Å². The molecule has 0 aromatic heterocycles. The molecule has 0 saturated carbocycles. The summed E-state index contributed by atoms with van der Waals surface area (Å²) in [5, 5.41) is 6.29. The fourth-order valence-electron chi connectivity index (χ4n) is 2.40. The molecule has 1 aliphatic heterocycles. The second-order valence-corrected chi connectivity index (χ2v) is 5.29. The van der Waals surface area contributed by atoms with Crippen molar-refractivity contribution in [1.29, 1.82) is 0 Å². The maximum atomic E-state index is 11.7. The third-order valence-corrected chi connectivity index (χ3v) is 3.59. The molecule has 0 spiro atoms. The van der Waals surface area contributed by atoms with Crippen molar-refractivity contribution in [3.8, 4) is 5.75 Å². The average Bonchev–Trinajstić information content (AvgIpc) is 2.48. The fraction of sp³-hybridized carbons (Fsp3) is 0.562. The maximum Gasteiger partial charge on any atom is 0.237 e. The molecule has 2 rings (SSSR count). The molecular weight excluding hydrogens is 252 g/mol. The van der Waals surface area contributed by atoms with Crippen molar-refractivity contribution >= 4 is 5.91 Å². The Hall–Kier alpha value is -1.55. The van der Waals surface area contributed by atoms with Gasteiger partial charge < -0.3 is 10.1 Å². The summed E-state index contributed by atoms with van der Waals surface area (Å²) in [6.07, 6.45) is 2.96. The van der Waals surface area contributed by atoms with Crippen LogP contribution in [-0.2, 0) is 4.79 Å². The van der Waals surface area contributed by atoms with Gasteiger partial charge in [-0.15, -0.1) is 0 Å². The minimum Gasteiger partial charge on any atom is -0.494 e. The number of rotatable bonds is 6. The highest BCUT2D eigenvalue weighted by atomic mass is 16.5. The van der Waals surface area contributed by atoms with E-state index < -0.39 is 0 Å². The molecule has 0 bridgehead atoms. The summed E-state index contributed by atoms with van der Waals surface area (Å²) in [6.45, 7) is 5.73. The lowest BCUT2D eigenvalue weighted by molar-refractivity contribution is -0.124. The van der Waals surface area contributed by atoms with E-state index in [4.69, 9.17) is 4.74 Å². The van der Waals surface area contributed by atoms with Gasteiger partial charge in [0, 0.05) is 12.6 Å². The molecule has 1 heterocycles. The summed E-state index contributed by atoms with van der Waals surface area (Å²) in [7, 11) is 0. The quantitative estimate of drug-likeness (QED) is 0.839. The second-order valence-electron chi connectivity index (χ2n) is 5.29. The Morgan fingerprint density at radius 1 is 1.40 bits per heavy atom. The number of hydrogen-bond acceptors (Lipinski definition) is 3. The molecule has 20 heavy (non-hydrogen) atoms. The van der Waals surface area contributed by atoms with Gasteiger partial charge >= 0.3 is 0 Å². The zero-order valence-electron chi connectivity index (χ0n) is 12.3. The predicted octanol–water partition coefficient (Wildman–Crippen LogP) is 2.40. The van der Waals surface area contributed by atoms with Gasteiger partial charge in [0.1, 0.15) is 5.75 Å². The van der Waals surface area contributed by atoms with E-state index in [0.29, 0.717) is 0 Å². The summed E-state index contributed by atoms with van der Waals surface area (Å²) >= 11 is 0. The van der Waals surface area contributed by atoms with E-state index >= 15 is 0 Å². The monoisotopic (exact) mass is 276 g/mol. The molecule has 2 N–H and O–H groups in total. The standard InChI is InChI=1S/C16H24N2O2/c1-3-11-20-14-8-6-13(7-9-14)12(2)18-15-5-4-10-17-16(15)19/h6-9,12,15,18H,3-5,10-11H2,1-2H3,(H,17,19). The molecule has 1 aromatic carbocycles. The average molecular weight is 276 g/mol. The molecule has 1 aromatic rings. The van der Waals surface area contributed by atoms with Gasteiger partial charge in [0.15, 0.2) is 0 Å². The van der Waals surface area contributed by atoms with Crippen molar-refractivity contribution in [1.82, 2.24) is 10.6 Å². The Morgan fingerprint density at radius 3 is 2.80 bits per heavy atom. The van der Waals surface area contributed by atoms with E-state index in [1.54, 1.807) is 0 Å². The number of amides is 1. The number of benzene rings is 1. The van der Waals surface area contributed by atoms with Gasteiger partial charge in [-0.25, -0.2) is 0 Å². The minimum absolute atomic E-state index is 0.0743. The molecule has 1 fully saturated rings. The number of ether oxygens (including phenoxy) is 1. The number of piperidine rings is 1. The van der Waals surface area contributed by atoms with E-state index in [1.807, 2.05) is 12.1 Å². The Morgan fingerprint density at radius 2 is 2.15 bits per heavy atom. The molecule has 4 nitrogen and oxygen atoms in total. The van der Waals surface area contributed by atoms with Crippen LogP contribution in [-0.4, -0.2) is 25.1 Å². The lowest BCUT2D eigenvalue weighted by Crippen LogP contribution is -2.48. The van der Waals surface area contributed by atoms with Crippen molar-refractivity contribution in [3.63, 3.8) is 0 Å². The number of carbonyl (C=O) groups is 1. The molecule has 1 saturated heterocycles. The first-order chi connectivity index (χ1) is 9.70. The van der Waals surface area contributed by atoms with Crippen LogP contribution in [0.25, 0.3) is 0 Å². The van der Waals surface area contributed by atoms with Crippen molar-refractivity contribution in [2.24, 2.45) is 0 Å². The lowest BCUT2D eigenvalue weighted by atomic mass is 10.0. The summed E-state index contributed by atoms with van der Waals surface area (Å²) in [5.74, 6) is 1.02. The first-order valence-corrected chi connectivity index (χ1v) is 7.47. The maximum absolute atomic E-state index is 11.7. The van der Waals surface area contributed by atoms with E-state index in [1.165, 1.54) is 5.56 Å². The van der Waals surface area contributed by atoms with Crippen molar-refractivity contribution in [3.05, 3.63) is 29.8 Å². The van der Waals surface area contributed by atoms with Crippen LogP contribution in [0.4, 0.5) is 0 Å². The summed E-state index contributed by atoms with van der Waals surface area (Å²) < 4.78 is 5.57. The smallest absolute Gasteiger partial charge is 0.237 e. The Balaban J connectivity index is 1.91. The van der Waals surface area contributed by atoms with Crippen LogP contribution in [0.5, 0.6) is 5.75 Å². The SMILES string of the molecule is CCCOc1ccc(C(C)NC2CCCNC2=O)cc1. The third-order valence-electron chi connectivity index (χ3n) is 3.59. The molecule has 1 amide bonds. The predicted molar refractivity (Wildman–Crippen MR) is 79.8 cm³/mol. The minimum atomic E-state index is -0.0743. The first-order valence-electron chi connectivity index (χ1n) is 7.47. The molecule has 0 radical (unpaired) electrons. The van der Waals surface area contributed by atoms with Crippen LogP contribution in [0.15, 0.2) is 24.3 Å². The highest BCUT2D eigenvalue weighted by molar-refractivity contribution is 5.82. The van der Waals surface area contributed by atoms with E-state index in [-0.39, 0.29) is 18.0 Å². The van der Waals surface area contributed by atoms with Crippen LogP contribution >= 0.6 is 0 Å². The Bertz CT molecular complexity index is 431. The van der Waals surface area contributed by atoms with Gasteiger partial charge in [-0.1, -0.05) is 19.1 Å². The normalized spacial score (nSPS) is 20.3. The molecule has 4 heteroatoms. The highest BCUT2D eigenvalue weighted by Gasteiger charge is 2.23. The number of nitrogens with one attached hydrogen (secondary N) is 2. The number of hydrogen-bond donors (Lipinski definition) is 2. The van der Waals surface area contributed by atoms with Crippen molar-refractivity contribution in [2.75, 3.05) is 13.2 Å². The number of carbonyl (C=O) groups excluding carboxylic acids is 1. The van der Waals surface area contributed by atoms with Gasteiger partial charge in [0.25, 0.3) is 0 Å². The van der Waals surface area contributed by atoms with Gasteiger partial charge in [0.05, 0.1) is 12.6 Å². The third kappa shape index (κ3) is 3.97. The topological polar surface area (TPSA) is 50.4 Å². The molecular formula is C16H24N2O2. The van der Waals surface area contributed by atoms with Crippen molar-refractivity contribution in [2.45, 2.75) is 45.2 Å². The molecule has 110 valence electrons. The zero-order valence-corrected chi connectivity index (χ0v) is 12.3. The molecule has 1 aliphatic rings. The zero-order chi connectivity index (χ0) is 14.4. The molecule has 2 atom stereocenters. The van der Waals surface area contributed by atoms with E-state index in [9.17, 15) is 4.79 Å². The largest absolute Gasteiger partial charge is 0.494 e. The molecule has 0 aliphatic carbocycles. The summed E-state index contributed by atoms with van der Waals surface area (Å²) in [4.78, 5) is 11.7. The highest BCUT2D eigenvalue weighted by Crippen LogP contribution is 2.19. The lowest BCUT2D eigenvalue weighted by Gasteiger charge is -2.26. The van der Waals surface area contributed by atoms with Crippen LogP contribution < -0.4 is 15.4 Å². The van der Waals surface area contributed by atoms with E-state index in [0.717, 1.165) is 38.2 Å². The summed E-state index contributed by atoms with van der Waals surface area (Å²) in [6, 6.07) is 8.18. The fourth-order valence-corrected chi connectivity index (χ4v) is 2.40. The van der Waals surface area contributed by atoms with Gasteiger partial charge in [0.2, 0.25) is 5.91 Å². The van der Waals surface area contributed by atoms with Crippen LogP contribution in [0.3, 0.4) is 0 Å². The van der Waals surface area contributed by atoms with Gasteiger partial charge in [-0.3, -0.25) is 10.1 Å². The van der Waals surface area contributed by atoms with Crippen LogP contribution in [0.1, 0.15) is 44.7 Å². The summed E-state index contributed by atoms with van der Waals surface area (Å²) in [5.41, 5.74) is 1.17. The van der Waals surface area contributed by atoms with Crippen LogP contribution in [0, 0.1) is 0 Å². The van der Waals surface area contributed by atoms with Gasteiger partial charge in [-0.05, 0) is 43.9 Å².